The quantitative estimate of drug-likeness (QED) is 0.640. The lowest BCUT2D eigenvalue weighted by atomic mass is 9.94. The first-order valence-electron chi connectivity index (χ1n) is 6.15. The standard InChI is InChI=1S/C17H20/c1-11-6-7-12(2)16(8-11)10-17-14(4)9-13(3)15(17)5/h6-10,15H,4H2,1-3,5H3/b17-10-. The minimum atomic E-state index is 0.502. The smallest absolute Gasteiger partial charge is 0.00263 e. The lowest BCUT2D eigenvalue weighted by molar-refractivity contribution is 0.852. The normalized spacial score (nSPS) is 22.1. The maximum atomic E-state index is 4.14. The van der Waals surface area contributed by atoms with Crippen LogP contribution >= 0.6 is 0 Å². The van der Waals surface area contributed by atoms with E-state index in [9.17, 15) is 0 Å². The summed E-state index contributed by atoms with van der Waals surface area (Å²) in [6.07, 6.45) is 4.49. The van der Waals surface area contributed by atoms with E-state index in [0.717, 1.165) is 5.57 Å². The molecule has 1 atom stereocenters. The van der Waals surface area contributed by atoms with Crippen LogP contribution < -0.4 is 0 Å². The maximum absolute atomic E-state index is 4.14. The van der Waals surface area contributed by atoms with Crippen molar-refractivity contribution in [1.29, 1.82) is 0 Å². The van der Waals surface area contributed by atoms with Gasteiger partial charge in [-0.15, -0.1) is 0 Å². The van der Waals surface area contributed by atoms with Crippen molar-refractivity contribution in [3.05, 3.63) is 64.3 Å². The number of allylic oxidation sites excluding steroid dienone is 4. The largest absolute Gasteiger partial charge is 0.0915 e. The van der Waals surface area contributed by atoms with Gasteiger partial charge in [-0.25, -0.2) is 0 Å². The molecule has 1 aliphatic rings. The highest BCUT2D eigenvalue weighted by Crippen LogP contribution is 2.35. The second-order valence-electron chi connectivity index (χ2n) is 5.10. The third kappa shape index (κ3) is 2.26. The summed E-state index contributed by atoms with van der Waals surface area (Å²) in [5.41, 5.74) is 7.88. The molecule has 0 saturated carbocycles. The van der Waals surface area contributed by atoms with Gasteiger partial charge in [-0.3, -0.25) is 0 Å². The van der Waals surface area contributed by atoms with Crippen molar-refractivity contribution < 1.29 is 0 Å². The van der Waals surface area contributed by atoms with Crippen LogP contribution in [0.1, 0.15) is 30.5 Å². The fourth-order valence-corrected chi connectivity index (χ4v) is 2.31. The highest BCUT2D eigenvalue weighted by molar-refractivity contribution is 5.67. The van der Waals surface area contributed by atoms with Crippen LogP contribution in [0.4, 0.5) is 0 Å². The van der Waals surface area contributed by atoms with Crippen LogP contribution in [0, 0.1) is 19.8 Å². The molecule has 17 heavy (non-hydrogen) atoms. The summed E-state index contributed by atoms with van der Waals surface area (Å²) in [6, 6.07) is 6.59. The van der Waals surface area contributed by atoms with E-state index in [2.05, 4.69) is 64.6 Å². The maximum Gasteiger partial charge on any atom is 0.00263 e. The molecule has 0 spiro atoms. The minimum absolute atomic E-state index is 0.502. The molecule has 1 aromatic carbocycles. The Labute approximate surface area is 104 Å². The van der Waals surface area contributed by atoms with E-state index in [1.165, 1.54) is 27.8 Å². The molecule has 0 aliphatic heterocycles. The zero-order chi connectivity index (χ0) is 12.6. The lowest BCUT2D eigenvalue weighted by Gasteiger charge is -2.10. The van der Waals surface area contributed by atoms with E-state index in [1.54, 1.807) is 0 Å². The molecule has 1 aromatic rings. The number of aryl methyl sites for hydroxylation is 2. The molecule has 0 N–H and O–H groups in total. The Kier molecular flexibility index (Phi) is 3.06. The molecule has 88 valence electrons. The van der Waals surface area contributed by atoms with Crippen molar-refractivity contribution >= 4 is 6.08 Å². The number of rotatable bonds is 1. The van der Waals surface area contributed by atoms with Crippen molar-refractivity contribution in [3.8, 4) is 0 Å². The Morgan fingerprint density at radius 3 is 2.47 bits per heavy atom. The van der Waals surface area contributed by atoms with Crippen LogP contribution in [-0.2, 0) is 0 Å². The Bertz CT molecular complexity index is 527. The topological polar surface area (TPSA) is 0 Å². The number of hydrogen-bond donors (Lipinski definition) is 0. The van der Waals surface area contributed by atoms with E-state index in [-0.39, 0.29) is 0 Å². The van der Waals surface area contributed by atoms with E-state index < -0.39 is 0 Å². The average Bonchev–Trinajstić information content (AvgIpc) is 2.50. The SMILES string of the molecule is C=C1C=C(C)C(C)/C1=C\c1cc(C)ccc1C. The third-order valence-electron chi connectivity index (χ3n) is 3.67. The number of benzene rings is 1. The minimum Gasteiger partial charge on any atom is -0.0915 e. The molecule has 2 rings (SSSR count). The zero-order valence-electron chi connectivity index (χ0n) is 11.2. The van der Waals surface area contributed by atoms with Gasteiger partial charge in [0, 0.05) is 5.92 Å². The Morgan fingerprint density at radius 1 is 1.18 bits per heavy atom. The average molecular weight is 224 g/mol. The van der Waals surface area contributed by atoms with Crippen molar-refractivity contribution in [2.75, 3.05) is 0 Å². The van der Waals surface area contributed by atoms with Crippen LogP contribution in [0.5, 0.6) is 0 Å². The molecule has 0 fully saturated rings. The molecular formula is C17H20. The van der Waals surface area contributed by atoms with Gasteiger partial charge < -0.3 is 0 Å². The van der Waals surface area contributed by atoms with E-state index in [0.29, 0.717) is 5.92 Å². The first-order valence-corrected chi connectivity index (χ1v) is 6.15. The van der Waals surface area contributed by atoms with Crippen LogP contribution in [0.3, 0.4) is 0 Å². The summed E-state index contributed by atoms with van der Waals surface area (Å²) < 4.78 is 0. The fraction of sp³-hybridized carbons (Fsp3) is 0.294. The molecule has 1 aliphatic carbocycles. The second-order valence-corrected chi connectivity index (χ2v) is 5.10. The van der Waals surface area contributed by atoms with Gasteiger partial charge in [-0.1, -0.05) is 55.0 Å². The van der Waals surface area contributed by atoms with Gasteiger partial charge in [0.25, 0.3) is 0 Å². The van der Waals surface area contributed by atoms with Gasteiger partial charge >= 0.3 is 0 Å². The van der Waals surface area contributed by atoms with E-state index in [1.807, 2.05) is 0 Å². The van der Waals surface area contributed by atoms with Gasteiger partial charge in [-0.05, 0) is 43.0 Å². The zero-order valence-corrected chi connectivity index (χ0v) is 11.2. The summed E-state index contributed by atoms with van der Waals surface area (Å²) in [5, 5.41) is 0. The van der Waals surface area contributed by atoms with Gasteiger partial charge in [-0.2, -0.15) is 0 Å². The highest BCUT2D eigenvalue weighted by atomic mass is 14.2. The van der Waals surface area contributed by atoms with Gasteiger partial charge in [0.05, 0.1) is 0 Å². The Hall–Kier alpha value is -1.56. The predicted octanol–water partition coefficient (Wildman–Crippen LogP) is 4.84. The first kappa shape index (κ1) is 11.9. The second kappa shape index (κ2) is 4.37. The Morgan fingerprint density at radius 2 is 1.88 bits per heavy atom. The summed E-state index contributed by atoms with van der Waals surface area (Å²) in [7, 11) is 0. The summed E-state index contributed by atoms with van der Waals surface area (Å²) >= 11 is 0. The molecular weight excluding hydrogens is 204 g/mol. The third-order valence-corrected chi connectivity index (χ3v) is 3.67. The molecule has 0 amide bonds. The summed E-state index contributed by atoms with van der Waals surface area (Å²) in [6.45, 7) is 12.9. The monoisotopic (exact) mass is 224 g/mol. The first-order chi connectivity index (χ1) is 7.99. The van der Waals surface area contributed by atoms with Crippen molar-refractivity contribution in [3.63, 3.8) is 0 Å². The molecule has 0 heteroatoms. The number of hydrogen-bond acceptors (Lipinski definition) is 0. The molecule has 0 saturated heterocycles. The molecule has 0 aromatic heterocycles. The van der Waals surface area contributed by atoms with Gasteiger partial charge in [0.15, 0.2) is 0 Å². The molecule has 1 unspecified atom stereocenters. The predicted molar refractivity (Wildman–Crippen MR) is 76.0 cm³/mol. The van der Waals surface area contributed by atoms with Gasteiger partial charge in [0.2, 0.25) is 0 Å². The summed E-state index contributed by atoms with van der Waals surface area (Å²) in [5.74, 6) is 0.502. The van der Waals surface area contributed by atoms with Crippen molar-refractivity contribution in [2.24, 2.45) is 5.92 Å². The van der Waals surface area contributed by atoms with E-state index >= 15 is 0 Å². The highest BCUT2D eigenvalue weighted by Gasteiger charge is 2.19. The lowest BCUT2D eigenvalue weighted by Crippen LogP contribution is -1.95. The van der Waals surface area contributed by atoms with Crippen molar-refractivity contribution in [2.45, 2.75) is 27.7 Å². The van der Waals surface area contributed by atoms with E-state index in [4.69, 9.17) is 0 Å². The molecule has 0 radical (unpaired) electrons. The van der Waals surface area contributed by atoms with Crippen LogP contribution in [0.25, 0.3) is 6.08 Å². The summed E-state index contributed by atoms with van der Waals surface area (Å²) in [4.78, 5) is 0. The van der Waals surface area contributed by atoms with Crippen molar-refractivity contribution in [1.82, 2.24) is 0 Å². The van der Waals surface area contributed by atoms with Crippen LogP contribution in [0.2, 0.25) is 0 Å². The molecule has 0 nitrogen and oxygen atoms in total. The van der Waals surface area contributed by atoms with Crippen LogP contribution in [0.15, 0.2) is 47.6 Å². The molecule has 0 bridgehead atoms. The molecule has 0 heterocycles. The van der Waals surface area contributed by atoms with Crippen LogP contribution in [-0.4, -0.2) is 0 Å². The van der Waals surface area contributed by atoms with Gasteiger partial charge in [0.1, 0.15) is 0 Å². The fourth-order valence-electron chi connectivity index (χ4n) is 2.31. The Balaban J connectivity index is 2.44.